The van der Waals surface area contributed by atoms with E-state index in [0.717, 1.165) is 16.5 Å². The maximum atomic E-state index is 12.4. The number of fused-ring (bicyclic) bond motifs is 1. The van der Waals surface area contributed by atoms with Gasteiger partial charge in [0.05, 0.1) is 17.6 Å². The first-order valence-electron chi connectivity index (χ1n) is 8.43. The lowest BCUT2D eigenvalue weighted by Gasteiger charge is -2.17. The number of rotatable bonds is 5. The highest BCUT2D eigenvalue weighted by Crippen LogP contribution is 2.20. The standard InChI is InChI=1S/C20H21N3O3/c1-12-8-9-13(2)18(10-12)26-14(3)19(24)21-11-17-15-6-4-5-7-16(15)20(25)23-22-17/h4-10,14H,11H2,1-3H3,(H,21,24)(H,23,25)/t14-/m0/s1. The molecule has 0 aliphatic heterocycles. The van der Waals surface area contributed by atoms with E-state index in [0.29, 0.717) is 16.8 Å². The molecule has 0 aliphatic carbocycles. The third-order valence-corrected chi connectivity index (χ3v) is 4.22. The van der Waals surface area contributed by atoms with E-state index in [9.17, 15) is 9.59 Å². The molecule has 1 atom stereocenters. The highest BCUT2D eigenvalue weighted by molar-refractivity contribution is 5.84. The van der Waals surface area contributed by atoms with E-state index < -0.39 is 6.10 Å². The van der Waals surface area contributed by atoms with Crippen LogP contribution in [0.5, 0.6) is 5.75 Å². The molecule has 26 heavy (non-hydrogen) atoms. The zero-order valence-corrected chi connectivity index (χ0v) is 15.0. The lowest BCUT2D eigenvalue weighted by molar-refractivity contribution is -0.127. The highest BCUT2D eigenvalue weighted by Gasteiger charge is 2.16. The van der Waals surface area contributed by atoms with Crippen molar-refractivity contribution in [2.45, 2.75) is 33.4 Å². The van der Waals surface area contributed by atoms with Gasteiger partial charge in [-0.15, -0.1) is 0 Å². The molecule has 0 spiro atoms. The van der Waals surface area contributed by atoms with Gasteiger partial charge < -0.3 is 10.1 Å². The Balaban J connectivity index is 1.70. The van der Waals surface area contributed by atoms with Gasteiger partial charge in [0.15, 0.2) is 6.10 Å². The molecule has 1 amide bonds. The van der Waals surface area contributed by atoms with Crippen LogP contribution in [0.15, 0.2) is 47.3 Å². The number of aromatic amines is 1. The third kappa shape index (κ3) is 3.74. The van der Waals surface area contributed by atoms with Gasteiger partial charge in [-0.25, -0.2) is 5.10 Å². The van der Waals surface area contributed by atoms with Crippen LogP contribution in [0.1, 0.15) is 23.7 Å². The van der Waals surface area contributed by atoms with Crippen molar-refractivity contribution < 1.29 is 9.53 Å². The summed E-state index contributed by atoms with van der Waals surface area (Å²) in [4.78, 5) is 24.2. The highest BCUT2D eigenvalue weighted by atomic mass is 16.5. The fourth-order valence-corrected chi connectivity index (χ4v) is 2.70. The Labute approximate surface area is 151 Å². The zero-order chi connectivity index (χ0) is 18.7. The second kappa shape index (κ2) is 7.39. The Morgan fingerprint density at radius 2 is 1.92 bits per heavy atom. The molecule has 0 unspecified atom stereocenters. The fourth-order valence-electron chi connectivity index (χ4n) is 2.70. The molecule has 0 saturated carbocycles. The second-order valence-corrected chi connectivity index (χ2v) is 6.29. The summed E-state index contributed by atoms with van der Waals surface area (Å²) in [6.07, 6.45) is -0.649. The predicted octanol–water partition coefficient (Wildman–Crippen LogP) is 2.62. The molecule has 1 aromatic heterocycles. The lowest BCUT2D eigenvalue weighted by Crippen LogP contribution is -2.36. The molecule has 6 nitrogen and oxygen atoms in total. The molecule has 0 radical (unpaired) electrons. The van der Waals surface area contributed by atoms with Crippen molar-refractivity contribution in [3.05, 3.63) is 69.6 Å². The summed E-state index contributed by atoms with van der Waals surface area (Å²) in [6.45, 7) is 5.83. The van der Waals surface area contributed by atoms with Crippen LogP contribution in [0.3, 0.4) is 0 Å². The van der Waals surface area contributed by atoms with E-state index in [1.807, 2.05) is 44.2 Å². The molecule has 0 aliphatic rings. The van der Waals surface area contributed by atoms with E-state index in [2.05, 4.69) is 15.5 Å². The number of ether oxygens (including phenoxy) is 1. The monoisotopic (exact) mass is 351 g/mol. The van der Waals surface area contributed by atoms with Crippen molar-refractivity contribution in [1.29, 1.82) is 0 Å². The topological polar surface area (TPSA) is 84.1 Å². The van der Waals surface area contributed by atoms with Crippen LogP contribution in [0.2, 0.25) is 0 Å². The van der Waals surface area contributed by atoms with Gasteiger partial charge >= 0.3 is 0 Å². The summed E-state index contributed by atoms with van der Waals surface area (Å²) in [5.74, 6) is 0.447. The number of aryl methyl sites for hydroxylation is 2. The number of hydrogen-bond acceptors (Lipinski definition) is 4. The average molecular weight is 351 g/mol. The van der Waals surface area contributed by atoms with Crippen molar-refractivity contribution in [3.8, 4) is 5.75 Å². The molecule has 1 heterocycles. The normalized spacial score (nSPS) is 12.0. The quantitative estimate of drug-likeness (QED) is 0.740. The molecular weight excluding hydrogens is 330 g/mol. The minimum Gasteiger partial charge on any atom is -0.481 e. The minimum absolute atomic E-state index is 0.205. The van der Waals surface area contributed by atoms with Crippen molar-refractivity contribution in [2.24, 2.45) is 0 Å². The maximum Gasteiger partial charge on any atom is 0.272 e. The minimum atomic E-state index is -0.649. The summed E-state index contributed by atoms with van der Waals surface area (Å²) < 4.78 is 5.79. The molecule has 0 saturated heterocycles. The Morgan fingerprint density at radius 3 is 2.69 bits per heavy atom. The molecule has 0 bridgehead atoms. The number of carbonyl (C=O) groups is 1. The first-order chi connectivity index (χ1) is 12.5. The van der Waals surface area contributed by atoms with Gasteiger partial charge in [-0.2, -0.15) is 5.10 Å². The summed E-state index contributed by atoms with van der Waals surface area (Å²) in [5, 5.41) is 10.6. The maximum absolute atomic E-state index is 12.4. The third-order valence-electron chi connectivity index (χ3n) is 4.22. The molecule has 134 valence electrons. The van der Waals surface area contributed by atoms with Gasteiger partial charge in [0.2, 0.25) is 0 Å². The number of hydrogen-bond donors (Lipinski definition) is 2. The van der Waals surface area contributed by atoms with Gasteiger partial charge in [-0.3, -0.25) is 9.59 Å². The number of benzene rings is 2. The van der Waals surface area contributed by atoms with Crippen molar-refractivity contribution in [1.82, 2.24) is 15.5 Å². The van der Waals surface area contributed by atoms with E-state index >= 15 is 0 Å². The molecule has 0 fully saturated rings. The van der Waals surface area contributed by atoms with E-state index in [1.165, 1.54) is 0 Å². The molecule has 3 aromatic rings. The smallest absolute Gasteiger partial charge is 0.272 e. The van der Waals surface area contributed by atoms with Crippen LogP contribution < -0.4 is 15.6 Å². The van der Waals surface area contributed by atoms with Gasteiger partial charge in [-0.05, 0) is 44.0 Å². The van der Waals surface area contributed by atoms with Crippen molar-refractivity contribution >= 4 is 16.7 Å². The summed E-state index contributed by atoms with van der Waals surface area (Å²) in [7, 11) is 0. The van der Waals surface area contributed by atoms with Crippen LogP contribution in [-0.4, -0.2) is 22.2 Å². The van der Waals surface area contributed by atoms with Crippen molar-refractivity contribution in [3.63, 3.8) is 0 Å². The molecule has 3 rings (SSSR count). The second-order valence-electron chi connectivity index (χ2n) is 6.29. The van der Waals surface area contributed by atoms with E-state index in [1.54, 1.807) is 19.1 Å². The van der Waals surface area contributed by atoms with Gasteiger partial charge in [0, 0.05) is 5.39 Å². The van der Waals surface area contributed by atoms with Gasteiger partial charge in [0.25, 0.3) is 11.5 Å². The summed E-state index contributed by atoms with van der Waals surface area (Å²) in [6, 6.07) is 13.0. The molecule has 2 aromatic carbocycles. The number of aromatic nitrogens is 2. The first kappa shape index (κ1) is 17.7. The first-order valence-corrected chi connectivity index (χ1v) is 8.43. The largest absolute Gasteiger partial charge is 0.481 e. The summed E-state index contributed by atoms with van der Waals surface area (Å²) >= 11 is 0. The molecule has 2 N–H and O–H groups in total. The fraction of sp³-hybridized carbons (Fsp3) is 0.250. The number of nitrogens with one attached hydrogen (secondary N) is 2. The Hall–Kier alpha value is -3.15. The average Bonchev–Trinajstić information content (AvgIpc) is 2.64. The van der Waals surface area contributed by atoms with Crippen LogP contribution in [0.4, 0.5) is 0 Å². The number of amides is 1. The van der Waals surface area contributed by atoms with E-state index in [-0.39, 0.29) is 18.0 Å². The van der Waals surface area contributed by atoms with Crippen molar-refractivity contribution in [2.75, 3.05) is 0 Å². The lowest BCUT2D eigenvalue weighted by atomic mass is 10.1. The predicted molar refractivity (Wildman–Crippen MR) is 100 cm³/mol. The van der Waals surface area contributed by atoms with Gasteiger partial charge in [-0.1, -0.05) is 30.3 Å². The number of carbonyl (C=O) groups excluding carboxylic acids is 1. The molecular formula is C20H21N3O3. The Kier molecular flexibility index (Phi) is 5.02. The van der Waals surface area contributed by atoms with Gasteiger partial charge in [0.1, 0.15) is 5.75 Å². The number of nitrogens with zero attached hydrogens (tertiary/aromatic N) is 1. The van der Waals surface area contributed by atoms with E-state index in [4.69, 9.17) is 4.74 Å². The van der Waals surface area contributed by atoms with Crippen LogP contribution in [-0.2, 0) is 11.3 Å². The van der Waals surface area contributed by atoms with Crippen LogP contribution in [0.25, 0.3) is 10.8 Å². The summed E-state index contributed by atoms with van der Waals surface area (Å²) in [5.41, 5.74) is 2.40. The Morgan fingerprint density at radius 1 is 1.19 bits per heavy atom. The Bertz CT molecular complexity index is 1010. The number of H-pyrrole nitrogens is 1. The van der Waals surface area contributed by atoms with Crippen LogP contribution >= 0.6 is 0 Å². The molecule has 6 heteroatoms. The van der Waals surface area contributed by atoms with Crippen LogP contribution in [0, 0.1) is 13.8 Å². The zero-order valence-electron chi connectivity index (χ0n) is 15.0. The SMILES string of the molecule is Cc1ccc(C)c(O[C@@H](C)C(=O)NCc2n[nH]c(=O)c3ccccc23)c1.